The minimum Gasteiger partial charge on any atom is -0.492 e. The van der Waals surface area contributed by atoms with Crippen molar-refractivity contribution < 1.29 is 5.11 Å². The number of aryl methyl sites for hydroxylation is 1. The molecule has 2 aromatic carbocycles. The lowest BCUT2D eigenvalue weighted by Crippen LogP contribution is -2.47. The van der Waals surface area contributed by atoms with Gasteiger partial charge in [0, 0.05) is 39.1 Å². The second-order valence-corrected chi connectivity index (χ2v) is 10.4. The van der Waals surface area contributed by atoms with E-state index in [1.165, 1.54) is 16.7 Å². The monoisotopic (exact) mass is 475 g/mol. The van der Waals surface area contributed by atoms with Crippen LogP contribution in [0.15, 0.2) is 54.6 Å². The topological polar surface area (TPSA) is 56.9 Å². The Morgan fingerprint density at radius 1 is 0.941 bits per heavy atom. The number of piperazine rings is 1. The Hall–Kier alpha value is -2.74. The zero-order valence-corrected chi connectivity index (χ0v) is 21.0. The van der Waals surface area contributed by atoms with Crippen molar-refractivity contribution in [3.05, 3.63) is 82.0 Å². The van der Waals surface area contributed by atoms with Crippen LogP contribution in [0.1, 0.15) is 60.1 Å². The first-order valence-corrected chi connectivity index (χ1v) is 13.0. The van der Waals surface area contributed by atoms with E-state index in [1.54, 1.807) is 15.9 Å². The molecule has 0 radical (unpaired) electrons. The first-order chi connectivity index (χ1) is 16.5. The highest BCUT2D eigenvalue weighted by molar-refractivity contribution is 7.17. The van der Waals surface area contributed by atoms with Crippen LogP contribution in [0.2, 0.25) is 0 Å². The van der Waals surface area contributed by atoms with Crippen LogP contribution in [0, 0.1) is 0 Å². The quantitative estimate of drug-likeness (QED) is 0.404. The van der Waals surface area contributed by atoms with Gasteiger partial charge in [-0.2, -0.15) is 4.52 Å². The molecule has 1 N–H and O–H groups in total. The molecule has 1 fully saturated rings. The summed E-state index contributed by atoms with van der Waals surface area (Å²) in [6.07, 6.45) is 0.757. The van der Waals surface area contributed by atoms with Crippen molar-refractivity contribution in [1.82, 2.24) is 24.4 Å². The minimum absolute atomic E-state index is 0.0151. The maximum atomic E-state index is 11.2. The van der Waals surface area contributed by atoms with Gasteiger partial charge in [-0.05, 0) is 22.6 Å². The molecule has 0 aliphatic carbocycles. The number of aromatic nitrogens is 3. The maximum absolute atomic E-state index is 11.2. The van der Waals surface area contributed by atoms with E-state index in [0.29, 0.717) is 5.92 Å². The summed E-state index contributed by atoms with van der Waals surface area (Å²) in [5, 5.41) is 15.7. The van der Waals surface area contributed by atoms with Gasteiger partial charge in [0.15, 0.2) is 5.82 Å². The van der Waals surface area contributed by atoms with Crippen LogP contribution in [-0.2, 0) is 13.0 Å². The van der Waals surface area contributed by atoms with Gasteiger partial charge in [-0.15, -0.1) is 5.10 Å². The molecule has 1 atom stereocenters. The third-order valence-electron chi connectivity index (χ3n) is 6.75. The lowest BCUT2D eigenvalue weighted by atomic mass is 9.97. The predicted octanol–water partition coefficient (Wildman–Crippen LogP) is 5.09. The van der Waals surface area contributed by atoms with Gasteiger partial charge in [-0.25, -0.2) is 4.98 Å². The molecule has 1 aliphatic rings. The van der Waals surface area contributed by atoms with Crippen LogP contribution in [0.25, 0.3) is 4.96 Å². The summed E-state index contributed by atoms with van der Waals surface area (Å²) < 4.78 is 1.61. The highest BCUT2D eigenvalue weighted by Gasteiger charge is 2.31. The smallest absolute Gasteiger partial charge is 0.230 e. The van der Waals surface area contributed by atoms with Gasteiger partial charge in [0.25, 0.3) is 0 Å². The summed E-state index contributed by atoms with van der Waals surface area (Å²) in [5.74, 6) is 1.47. The Labute approximate surface area is 205 Å². The molecule has 178 valence electrons. The molecular weight excluding hydrogens is 442 g/mol. The van der Waals surface area contributed by atoms with E-state index in [9.17, 15) is 5.11 Å². The van der Waals surface area contributed by atoms with Gasteiger partial charge >= 0.3 is 0 Å². The number of fused-ring (bicyclic) bond motifs is 1. The third kappa shape index (κ3) is 4.60. The van der Waals surface area contributed by atoms with Crippen molar-refractivity contribution in [2.24, 2.45) is 0 Å². The van der Waals surface area contributed by atoms with E-state index in [0.717, 1.165) is 54.8 Å². The van der Waals surface area contributed by atoms with E-state index in [1.807, 2.05) is 6.92 Å². The third-order valence-corrected chi connectivity index (χ3v) is 7.82. The van der Waals surface area contributed by atoms with Gasteiger partial charge < -0.3 is 5.11 Å². The fourth-order valence-electron chi connectivity index (χ4n) is 4.73. The minimum atomic E-state index is -0.0151. The molecule has 0 unspecified atom stereocenters. The Morgan fingerprint density at radius 2 is 1.62 bits per heavy atom. The van der Waals surface area contributed by atoms with E-state index >= 15 is 0 Å². The molecule has 4 aromatic rings. The van der Waals surface area contributed by atoms with Crippen LogP contribution in [-0.4, -0.2) is 55.7 Å². The van der Waals surface area contributed by atoms with E-state index < -0.39 is 0 Å². The molecule has 3 heterocycles. The van der Waals surface area contributed by atoms with Crippen molar-refractivity contribution in [2.75, 3.05) is 26.2 Å². The molecule has 6 nitrogen and oxygen atoms in total. The van der Waals surface area contributed by atoms with Gasteiger partial charge in [0.1, 0.15) is 0 Å². The van der Waals surface area contributed by atoms with Crippen LogP contribution in [0.4, 0.5) is 0 Å². The SMILES string of the molecule is CCc1nc2sc([C@@H](c3ccc(C(C)C)cc3)N3CCN(Cc4ccccc4)CC3)c(O)n2n1. The Kier molecular flexibility index (Phi) is 6.68. The number of benzene rings is 2. The normalized spacial score (nSPS) is 16.5. The second-order valence-electron chi connectivity index (χ2n) is 9.39. The van der Waals surface area contributed by atoms with Crippen molar-refractivity contribution >= 4 is 16.3 Å². The van der Waals surface area contributed by atoms with Gasteiger partial charge in [-0.3, -0.25) is 9.80 Å². The summed E-state index contributed by atoms with van der Waals surface area (Å²) in [7, 11) is 0. The first kappa shape index (κ1) is 23.0. The Morgan fingerprint density at radius 3 is 2.24 bits per heavy atom. The van der Waals surface area contributed by atoms with E-state index in [4.69, 9.17) is 0 Å². The number of thiazole rings is 1. The molecule has 34 heavy (non-hydrogen) atoms. The fourth-order valence-corrected chi connectivity index (χ4v) is 5.87. The molecule has 2 aromatic heterocycles. The number of rotatable bonds is 7. The lowest BCUT2D eigenvalue weighted by molar-refractivity contribution is 0.105. The summed E-state index contributed by atoms with van der Waals surface area (Å²) in [5.41, 5.74) is 3.89. The van der Waals surface area contributed by atoms with Crippen LogP contribution >= 0.6 is 11.3 Å². The van der Waals surface area contributed by atoms with Crippen molar-refractivity contribution in [2.45, 2.75) is 45.7 Å². The largest absolute Gasteiger partial charge is 0.492 e. The molecule has 1 aliphatic heterocycles. The molecule has 0 bridgehead atoms. The van der Waals surface area contributed by atoms with Crippen LogP contribution in [0.5, 0.6) is 5.88 Å². The molecule has 1 saturated heterocycles. The summed E-state index contributed by atoms with van der Waals surface area (Å²) in [4.78, 5) is 11.3. The van der Waals surface area contributed by atoms with Crippen molar-refractivity contribution in [3.63, 3.8) is 0 Å². The highest BCUT2D eigenvalue weighted by atomic mass is 32.1. The average molecular weight is 476 g/mol. The molecular formula is C27H33N5OS. The average Bonchev–Trinajstić information content (AvgIpc) is 3.40. The van der Waals surface area contributed by atoms with E-state index in [2.05, 4.69) is 88.3 Å². The van der Waals surface area contributed by atoms with E-state index in [-0.39, 0.29) is 11.9 Å². The molecule has 0 amide bonds. The Bertz CT molecular complexity index is 1220. The van der Waals surface area contributed by atoms with Gasteiger partial charge in [0.05, 0.1) is 10.9 Å². The fraction of sp³-hybridized carbons (Fsp3) is 0.407. The molecule has 7 heteroatoms. The Balaban J connectivity index is 1.43. The molecule has 5 rings (SSSR count). The first-order valence-electron chi connectivity index (χ1n) is 12.2. The predicted molar refractivity (Wildman–Crippen MR) is 138 cm³/mol. The second kappa shape index (κ2) is 9.86. The number of hydrogen-bond acceptors (Lipinski definition) is 6. The number of aromatic hydroxyl groups is 1. The van der Waals surface area contributed by atoms with Gasteiger partial charge in [0.2, 0.25) is 10.8 Å². The van der Waals surface area contributed by atoms with Crippen LogP contribution in [0.3, 0.4) is 0 Å². The summed E-state index contributed by atoms with van der Waals surface area (Å²) in [6, 6.07) is 19.6. The highest BCUT2D eigenvalue weighted by Crippen LogP contribution is 2.40. The van der Waals surface area contributed by atoms with Crippen molar-refractivity contribution in [3.8, 4) is 5.88 Å². The summed E-state index contributed by atoms with van der Waals surface area (Å²) in [6.45, 7) is 11.3. The lowest BCUT2D eigenvalue weighted by Gasteiger charge is -2.39. The van der Waals surface area contributed by atoms with Gasteiger partial charge in [-0.1, -0.05) is 86.7 Å². The zero-order chi connectivity index (χ0) is 23.7. The molecule has 0 saturated carbocycles. The zero-order valence-electron chi connectivity index (χ0n) is 20.2. The standard InChI is InChI=1S/C27H33N5OS/c1-4-23-28-27-32(29-23)26(33)25(34-27)24(22-12-10-21(11-13-22)19(2)3)31-16-14-30(15-17-31)18-20-8-6-5-7-9-20/h5-13,19,24,33H,4,14-18H2,1-3H3/t24-/m1/s1. The van der Waals surface area contributed by atoms with Crippen LogP contribution < -0.4 is 0 Å². The summed E-state index contributed by atoms with van der Waals surface area (Å²) >= 11 is 1.55. The number of hydrogen-bond donors (Lipinski definition) is 1. The maximum Gasteiger partial charge on any atom is 0.230 e. The molecule has 0 spiro atoms. The van der Waals surface area contributed by atoms with Crippen molar-refractivity contribution in [1.29, 1.82) is 0 Å². The number of nitrogens with zero attached hydrogens (tertiary/aromatic N) is 5.